The largest absolute Gasteiger partial charge is 0.309 e. The fourth-order valence-corrected chi connectivity index (χ4v) is 4.74. The summed E-state index contributed by atoms with van der Waals surface area (Å²) in [6, 6.07) is 22.0. The topological polar surface area (TPSA) is 4.93 Å². The van der Waals surface area contributed by atoms with Gasteiger partial charge in [-0.25, -0.2) is 0 Å². The highest BCUT2D eigenvalue weighted by atomic mass is 79.9. The third-order valence-electron chi connectivity index (χ3n) is 5.25. The van der Waals surface area contributed by atoms with E-state index in [1.165, 1.54) is 38.6 Å². The van der Waals surface area contributed by atoms with Gasteiger partial charge in [0.2, 0.25) is 0 Å². The Hall–Kier alpha value is -2.06. The van der Waals surface area contributed by atoms with Gasteiger partial charge in [0, 0.05) is 20.7 Å². The first-order valence-corrected chi connectivity index (χ1v) is 8.72. The van der Waals surface area contributed by atoms with Crippen molar-refractivity contribution in [2.24, 2.45) is 0 Å². The summed E-state index contributed by atoms with van der Waals surface area (Å²) in [5.41, 5.74) is 6.71. The number of rotatable bonds is 0. The third-order valence-corrected chi connectivity index (χ3v) is 5.91. The van der Waals surface area contributed by atoms with Crippen molar-refractivity contribution in [3.05, 3.63) is 76.3 Å². The first-order chi connectivity index (χ1) is 11.1. The second kappa shape index (κ2) is 4.27. The molecule has 1 aliphatic rings. The molecule has 0 saturated carbocycles. The normalized spacial score (nSPS) is 15.1. The smallest absolute Gasteiger partial charge is 0.0582 e. The molecule has 0 bridgehead atoms. The van der Waals surface area contributed by atoms with E-state index in [1.54, 1.807) is 0 Å². The summed E-state index contributed by atoms with van der Waals surface area (Å²) in [6.45, 7) is 4.66. The minimum atomic E-state index is 0.00690. The highest BCUT2D eigenvalue weighted by molar-refractivity contribution is 9.10. The van der Waals surface area contributed by atoms with Crippen molar-refractivity contribution in [2.75, 3.05) is 0 Å². The van der Waals surface area contributed by atoms with E-state index in [9.17, 15) is 0 Å². The average molecular weight is 362 g/mol. The Morgan fingerprint density at radius 1 is 0.826 bits per heavy atom. The molecule has 1 nitrogen and oxygen atoms in total. The molecule has 1 aromatic heterocycles. The van der Waals surface area contributed by atoms with Crippen LogP contribution < -0.4 is 0 Å². The summed E-state index contributed by atoms with van der Waals surface area (Å²) in [5.74, 6) is 0. The SMILES string of the molecule is CC1(C)c2ccccc2-n2c3cccc(Br)c3c3cccc1c32. The van der Waals surface area contributed by atoms with Crippen LogP contribution in [0.3, 0.4) is 0 Å². The molecule has 0 N–H and O–H groups in total. The van der Waals surface area contributed by atoms with Gasteiger partial charge in [0.25, 0.3) is 0 Å². The zero-order valence-electron chi connectivity index (χ0n) is 13.1. The second-order valence-corrected chi connectivity index (χ2v) is 7.67. The molecule has 5 rings (SSSR count). The van der Waals surface area contributed by atoms with Crippen LogP contribution in [-0.4, -0.2) is 4.57 Å². The van der Waals surface area contributed by atoms with Crippen LogP contribution in [0.15, 0.2) is 65.1 Å². The Kier molecular flexibility index (Phi) is 2.48. The van der Waals surface area contributed by atoms with E-state index in [2.05, 4.69) is 95.0 Å². The van der Waals surface area contributed by atoms with Crippen molar-refractivity contribution in [3.63, 3.8) is 0 Å². The summed E-state index contributed by atoms with van der Waals surface area (Å²) in [6.07, 6.45) is 0. The van der Waals surface area contributed by atoms with Gasteiger partial charge in [0.05, 0.1) is 16.7 Å². The lowest BCUT2D eigenvalue weighted by Gasteiger charge is -2.34. The van der Waals surface area contributed by atoms with Gasteiger partial charge in [-0.2, -0.15) is 0 Å². The summed E-state index contributed by atoms with van der Waals surface area (Å²) in [7, 11) is 0. The van der Waals surface area contributed by atoms with Gasteiger partial charge in [-0.05, 0) is 29.3 Å². The van der Waals surface area contributed by atoms with E-state index >= 15 is 0 Å². The number of benzene rings is 3. The zero-order chi connectivity index (χ0) is 15.8. The molecule has 4 aromatic rings. The minimum absolute atomic E-state index is 0.00690. The van der Waals surface area contributed by atoms with Gasteiger partial charge in [-0.15, -0.1) is 0 Å². The number of halogens is 1. The van der Waals surface area contributed by atoms with Crippen LogP contribution in [0, 0.1) is 0 Å². The number of fused-ring (bicyclic) bond motifs is 5. The molecule has 0 aliphatic carbocycles. The molecule has 0 unspecified atom stereocenters. The predicted molar refractivity (Wildman–Crippen MR) is 101 cm³/mol. The van der Waals surface area contributed by atoms with Crippen LogP contribution in [0.4, 0.5) is 0 Å². The van der Waals surface area contributed by atoms with Crippen molar-refractivity contribution >= 4 is 37.7 Å². The number of hydrogen-bond acceptors (Lipinski definition) is 0. The molecule has 1 aliphatic heterocycles. The first-order valence-electron chi connectivity index (χ1n) is 7.93. The maximum absolute atomic E-state index is 3.76. The molecule has 0 spiro atoms. The van der Waals surface area contributed by atoms with Crippen LogP contribution in [0.1, 0.15) is 25.0 Å². The molecule has 112 valence electrons. The van der Waals surface area contributed by atoms with Gasteiger partial charge in [-0.3, -0.25) is 0 Å². The number of nitrogens with zero attached hydrogens (tertiary/aromatic N) is 1. The van der Waals surface area contributed by atoms with Crippen LogP contribution in [0.25, 0.3) is 27.5 Å². The third kappa shape index (κ3) is 1.52. The Morgan fingerprint density at radius 2 is 1.57 bits per heavy atom. The van der Waals surface area contributed by atoms with E-state index in [0.717, 1.165) is 4.47 Å². The molecule has 0 amide bonds. The van der Waals surface area contributed by atoms with E-state index < -0.39 is 0 Å². The molecule has 0 radical (unpaired) electrons. The zero-order valence-corrected chi connectivity index (χ0v) is 14.7. The van der Waals surface area contributed by atoms with E-state index in [0.29, 0.717) is 0 Å². The molecule has 3 aromatic carbocycles. The molecular weight excluding hydrogens is 346 g/mol. The quantitative estimate of drug-likeness (QED) is 0.352. The van der Waals surface area contributed by atoms with E-state index in [4.69, 9.17) is 0 Å². The van der Waals surface area contributed by atoms with Crippen LogP contribution >= 0.6 is 15.9 Å². The lowest BCUT2D eigenvalue weighted by atomic mass is 9.75. The summed E-state index contributed by atoms with van der Waals surface area (Å²) < 4.78 is 3.60. The Balaban J connectivity index is 2.16. The first kappa shape index (κ1) is 13.4. The minimum Gasteiger partial charge on any atom is -0.309 e. The van der Waals surface area contributed by atoms with Gasteiger partial charge < -0.3 is 4.57 Å². The highest BCUT2D eigenvalue weighted by Gasteiger charge is 2.34. The van der Waals surface area contributed by atoms with Gasteiger partial charge >= 0.3 is 0 Å². The van der Waals surface area contributed by atoms with Crippen molar-refractivity contribution < 1.29 is 0 Å². The highest BCUT2D eigenvalue weighted by Crippen LogP contribution is 2.48. The summed E-state index contributed by atoms with van der Waals surface area (Å²) in [4.78, 5) is 0. The Labute approximate surface area is 143 Å². The summed E-state index contributed by atoms with van der Waals surface area (Å²) >= 11 is 3.76. The molecule has 0 fully saturated rings. The van der Waals surface area contributed by atoms with Crippen LogP contribution in [0.2, 0.25) is 0 Å². The number of hydrogen-bond donors (Lipinski definition) is 0. The molecular formula is C21H16BrN. The van der Waals surface area contributed by atoms with Crippen molar-refractivity contribution in [3.8, 4) is 5.69 Å². The standard InChI is InChI=1S/C21H16BrN/c1-21(2)14-8-3-4-11-17(14)23-18-12-6-10-16(22)19(18)13-7-5-9-15(21)20(13)23/h3-12H,1-2H3. The maximum Gasteiger partial charge on any atom is 0.0582 e. The second-order valence-electron chi connectivity index (χ2n) is 6.81. The lowest BCUT2D eigenvalue weighted by Crippen LogP contribution is -2.26. The number of para-hydroxylation sites is 2. The lowest BCUT2D eigenvalue weighted by molar-refractivity contribution is 0.630. The fraction of sp³-hybridized carbons (Fsp3) is 0.143. The Morgan fingerprint density at radius 3 is 2.43 bits per heavy atom. The molecule has 2 heteroatoms. The van der Waals surface area contributed by atoms with Gasteiger partial charge in [0.15, 0.2) is 0 Å². The van der Waals surface area contributed by atoms with Crippen LogP contribution in [0.5, 0.6) is 0 Å². The monoisotopic (exact) mass is 361 g/mol. The van der Waals surface area contributed by atoms with Gasteiger partial charge in [0.1, 0.15) is 0 Å². The maximum atomic E-state index is 3.76. The van der Waals surface area contributed by atoms with Crippen molar-refractivity contribution in [1.29, 1.82) is 0 Å². The molecule has 23 heavy (non-hydrogen) atoms. The number of aromatic nitrogens is 1. The molecule has 0 atom stereocenters. The van der Waals surface area contributed by atoms with E-state index in [-0.39, 0.29) is 5.41 Å². The van der Waals surface area contributed by atoms with Crippen molar-refractivity contribution in [1.82, 2.24) is 4.57 Å². The van der Waals surface area contributed by atoms with Crippen molar-refractivity contribution in [2.45, 2.75) is 19.3 Å². The Bertz CT molecular complexity index is 1100. The molecule has 0 saturated heterocycles. The van der Waals surface area contributed by atoms with Gasteiger partial charge in [-0.1, -0.05) is 72.2 Å². The average Bonchev–Trinajstić information content (AvgIpc) is 2.89. The van der Waals surface area contributed by atoms with Crippen LogP contribution in [-0.2, 0) is 5.41 Å². The van der Waals surface area contributed by atoms with E-state index in [1.807, 2.05) is 0 Å². The predicted octanol–water partition coefficient (Wildman–Crippen LogP) is 6.19. The molecule has 2 heterocycles. The summed E-state index contributed by atoms with van der Waals surface area (Å²) in [5, 5.41) is 2.63. The fourth-order valence-electron chi connectivity index (χ4n) is 4.17.